The molecule has 0 saturated carbocycles. The van der Waals surface area contributed by atoms with Crippen LogP contribution in [0.4, 0.5) is 10.2 Å². The predicted octanol–water partition coefficient (Wildman–Crippen LogP) is 1.66. The Hall–Kier alpha value is -3.31. The van der Waals surface area contributed by atoms with Gasteiger partial charge in [0.2, 0.25) is 5.78 Å². The number of ketones is 1. The first-order chi connectivity index (χ1) is 12.9. The third-order valence-corrected chi connectivity index (χ3v) is 3.54. The molecule has 4 N–H and O–H groups in total. The minimum atomic E-state index is -3.67. The average molecular weight is 410 g/mol. The Morgan fingerprint density at radius 1 is 1.29 bits per heavy atom. The molecule has 0 atom stereocenters. The van der Waals surface area contributed by atoms with Crippen molar-refractivity contribution in [3.05, 3.63) is 63.4 Å². The summed E-state index contributed by atoms with van der Waals surface area (Å²) in [5.74, 6) is -2.32. The number of phenols is 1. The van der Waals surface area contributed by atoms with Gasteiger partial charge in [0.15, 0.2) is 11.6 Å². The smallest absolute Gasteiger partial charge is 0.347 e. The van der Waals surface area contributed by atoms with Gasteiger partial charge in [-0.25, -0.2) is 14.2 Å². The van der Waals surface area contributed by atoms with Gasteiger partial charge in [0.1, 0.15) is 16.9 Å². The SMILES string of the molecule is CS(=O)(=O)O.Cc1c(C(=O)c2ccnc(N)c2F)c(=O)oc2cc(O)ccc12. The number of hydrogen-bond donors (Lipinski definition) is 3. The fourth-order valence-electron chi connectivity index (χ4n) is 2.38. The largest absolute Gasteiger partial charge is 0.508 e. The Morgan fingerprint density at radius 2 is 1.89 bits per heavy atom. The van der Waals surface area contributed by atoms with E-state index < -0.39 is 33.2 Å². The molecule has 0 saturated heterocycles. The van der Waals surface area contributed by atoms with Gasteiger partial charge < -0.3 is 15.3 Å². The van der Waals surface area contributed by atoms with E-state index in [1.807, 2.05) is 0 Å². The van der Waals surface area contributed by atoms with Crippen LogP contribution in [0.5, 0.6) is 5.75 Å². The molecule has 0 aliphatic carbocycles. The molecule has 3 rings (SSSR count). The highest BCUT2D eigenvalue weighted by molar-refractivity contribution is 7.85. The second kappa shape index (κ2) is 7.74. The van der Waals surface area contributed by atoms with Crippen LogP contribution in [0.15, 0.2) is 39.7 Å². The van der Waals surface area contributed by atoms with Crippen LogP contribution < -0.4 is 11.4 Å². The number of pyridine rings is 1. The highest BCUT2D eigenvalue weighted by Crippen LogP contribution is 2.25. The third kappa shape index (κ3) is 4.69. The summed E-state index contributed by atoms with van der Waals surface area (Å²) >= 11 is 0. The summed E-state index contributed by atoms with van der Waals surface area (Å²) in [6.45, 7) is 1.55. The number of phenolic OH excluding ortho intramolecular Hbond substituents is 1. The number of rotatable bonds is 2. The summed E-state index contributed by atoms with van der Waals surface area (Å²) in [5, 5.41) is 9.90. The van der Waals surface area contributed by atoms with Gasteiger partial charge in [-0.15, -0.1) is 0 Å². The zero-order valence-corrected chi connectivity index (χ0v) is 15.4. The van der Waals surface area contributed by atoms with E-state index in [4.69, 9.17) is 14.7 Å². The molecular weight excluding hydrogens is 395 g/mol. The highest BCUT2D eigenvalue weighted by atomic mass is 32.2. The number of anilines is 1. The van der Waals surface area contributed by atoms with E-state index in [0.717, 1.165) is 6.07 Å². The second-order valence-corrected chi connectivity index (χ2v) is 7.16. The number of benzene rings is 1. The number of carbonyl (C=O) groups is 1. The zero-order valence-electron chi connectivity index (χ0n) is 14.6. The lowest BCUT2D eigenvalue weighted by Crippen LogP contribution is -2.19. The quantitative estimate of drug-likeness (QED) is 0.324. The molecule has 0 amide bonds. The minimum Gasteiger partial charge on any atom is -0.508 e. The lowest BCUT2D eigenvalue weighted by molar-refractivity contribution is 0.103. The Bertz CT molecular complexity index is 1230. The molecule has 9 nitrogen and oxygen atoms in total. The standard InChI is InChI=1S/C16H11FN2O4.CH4O3S/c1-7-9-3-2-8(20)6-11(9)23-16(22)12(7)14(21)10-4-5-19-15(18)13(10)17;1-5(2,3)4/h2-6,20H,1H3,(H2,18,19);1H3,(H,2,3,4). The maximum atomic E-state index is 14.0. The molecule has 28 heavy (non-hydrogen) atoms. The topological polar surface area (TPSA) is 161 Å². The van der Waals surface area contributed by atoms with Gasteiger partial charge in [-0.3, -0.25) is 9.35 Å². The molecule has 2 aromatic heterocycles. The molecule has 0 unspecified atom stereocenters. The first-order valence-corrected chi connectivity index (χ1v) is 9.38. The number of nitrogen functional groups attached to an aromatic ring is 1. The normalized spacial score (nSPS) is 11.0. The van der Waals surface area contributed by atoms with Gasteiger partial charge >= 0.3 is 5.63 Å². The van der Waals surface area contributed by atoms with E-state index in [-0.39, 0.29) is 22.5 Å². The Balaban J connectivity index is 0.000000500. The zero-order chi connectivity index (χ0) is 21.2. The molecule has 0 fully saturated rings. The van der Waals surface area contributed by atoms with E-state index in [9.17, 15) is 27.5 Å². The lowest BCUT2D eigenvalue weighted by atomic mass is 9.98. The predicted molar refractivity (Wildman–Crippen MR) is 98.4 cm³/mol. The average Bonchev–Trinajstić information content (AvgIpc) is 2.55. The second-order valence-electron chi connectivity index (χ2n) is 5.69. The number of aromatic nitrogens is 1. The van der Waals surface area contributed by atoms with Crippen molar-refractivity contribution in [3.63, 3.8) is 0 Å². The van der Waals surface area contributed by atoms with Gasteiger partial charge in [0, 0.05) is 17.6 Å². The van der Waals surface area contributed by atoms with E-state index in [0.29, 0.717) is 17.2 Å². The van der Waals surface area contributed by atoms with Crippen molar-refractivity contribution in [2.24, 2.45) is 0 Å². The van der Waals surface area contributed by atoms with Crippen LogP contribution in [-0.2, 0) is 10.1 Å². The molecule has 0 aliphatic rings. The molecule has 0 aliphatic heterocycles. The minimum absolute atomic E-state index is 0.0768. The number of hydrogen-bond acceptors (Lipinski definition) is 8. The highest BCUT2D eigenvalue weighted by Gasteiger charge is 2.23. The van der Waals surface area contributed by atoms with Crippen LogP contribution in [0, 0.1) is 12.7 Å². The molecular formula is C17H15FN2O7S. The molecule has 2 heterocycles. The molecule has 11 heteroatoms. The first kappa shape index (κ1) is 21.0. The van der Waals surface area contributed by atoms with E-state index in [1.165, 1.54) is 24.4 Å². The van der Waals surface area contributed by atoms with Gasteiger partial charge in [-0.1, -0.05) is 0 Å². The molecule has 0 spiro atoms. The van der Waals surface area contributed by atoms with Crippen molar-refractivity contribution in [3.8, 4) is 5.75 Å². The maximum Gasteiger partial charge on any atom is 0.347 e. The van der Waals surface area contributed by atoms with Gasteiger partial charge in [0.05, 0.1) is 11.8 Å². The molecule has 1 aromatic carbocycles. The fourth-order valence-corrected chi connectivity index (χ4v) is 2.38. The van der Waals surface area contributed by atoms with Crippen molar-refractivity contribution in [2.75, 3.05) is 12.0 Å². The van der Waals surface area contributed by atoms with Gasteiger partial charge in [-0.05, 0) is 30.7 Å². The van der Waals surface area contributed by atoms with E-state index in [1.54, 1.807) is 6.92 Å². The number of halogens is 1. The maximum absolute atomic E-state index is 14.0. The summed E-state index contributed by atoms with van der Waals surface area (Å²) in [4.78, 5) is 28.2. The van der Waals surface area contributed by atoms with Crippen LogP contribution in [0.3, 0.4) is 0 Å². The molecule has 0 radical (unpaired) electrons. The van der Waals surface area contributed by atoms with Crippen LogP contribution >= 0.6 is 0 Å². The summed E-state index contributed by atoms with van der Waals surface area (Å²) in [6.07, 6.45) is 1.90. The third-order valence-electron chi connectivity index (χ3n) is 3.54. The van der Waals surface area contributed by atoms with Gasteiger partial charge in [0.25, 0.3) is 10.1 Å². The molecule has 148 valence electrons. The van der Waals surface area contributed by atoms with Crippen molar-refractivity contribution in [2.45, 2.75) is 6.92 Å². The van der Waals surface area contributed by atoms with Crippen LogP contribution in [-0.4, -0.2) is 35.1 Å². The van der Waals surface area contributed by atoms with Gasteiger partial charge in [-0.2, -0.15) is 8.42 Å². The first-order valence-electron chi connectivity index (χ1n) is 7.53. The van der Waals surface area contributed by atoms with Crippen molar-refractivity contribution in [1.82, 2.24) is 4.98 Å². The van der Waals surface area contributed by atoms with E-state index >= 15 is 0 Å². The Kier molecular flexibility index (Phi) is 5.81. The molecule has 0 bridgehead atoms. The van der Waals surface area contributed by atoms with E-state index in [2.05, 4.69) is 4.98 Å². The monoisotopic (exact) mass is 410 g/mol. The summed E-state index contributed by atoms with van der Waals surface area (Å²) in [5.41, 5.74) is 4.26. The number of fused-ring (bicyclic) bond motifs is 1. The number of nitrogens with zero attached hydrogens (tertiary/aromatic N) is 1. The van der Waals surface area contributed by atoms with Crippen molar-refractivity contribution >= 4 is 32.7 Å². The summed E-state index contributed by atoms with van der Waals surface area (Å²) in [6, 6.07) is 5.32. The number of carbonyl (C=O) groups excluding carboxylic acids is 1. The van der Waals surface area contributed by atoms with Crippen LogP contribution in [0.25, 0.3) is 11.0 Å². The van der Waals surface area contributed by atoms with Crippen molar-refractivity contribution < 1.29 is 31.7 Å². The van der Waals surface area contributed by atoms with Crippen LogP contribution in [0.1, 0.15) is 21.5 Å². The number of aromatic hydroxyl groups is 1. The molecule has 3 aromatic rings. The van der Waals surface area contributed by atoms with Crippen LogP contribution in [0.2, 0.25) is 0 Å². The summed E-state index contributed by atoms with van der Waals surface area (Å²) in [7, 11) is -3.67. The lowest BCUT2D eigenvalue weighted by Gasteiger charge is -2.08. The fraction of sp³-hybridized carbons (Fsp3) is 0.118. The number of aryl methyl sites for hydroxylation is 1. The number of nitrogens with two attached hydrogens (primary N) is 1. The van der Waals surface area contributed by atoms with Crippen molar-refractivity contribution in [1.29, 1.82) is 0 Å². The Morgan fingerprint density at radius 3 is 2.50 bits per heavy atom. The summed E-state index contributed by atoms with van der Waals surface area (Å²) < 4.78 is 44.9. The Labute approximate surface area is 158 Å².